The molecule has 0 amide bonds. The van der Waals surface area contributed by atoms with Crippen molar-refractivity contribution in [2.24, 2.45) is 0 Å². The Kier molecular flexibility index (Phi) is 4.39. The van der Waals surface area contributed by atoms with Crippen molar-refractivity contribution in [3.63, 3.8) is 0 Å². The van der Waals surface area contributed by atoms with Crippen LogP contribution in [-0.4, -0.2) is 20.3 Å². The van der Waals surface area contributed by atoms with Crippen LogP contribution in [0, 0.1) is 6.57 Å². The van der Waals surface area contributed by atoms with Gasteiger partial charge in [-0.3, -0.25) is 4.40 Å². The topological polar surface area (TPSA) is 52.9 Å². The normalized spacial score (nSPS) is 20.0. The molecule has 1 fully saturated rings. The first-order valence-electron chi connectivity index (χ1n) is 8.55. The van der Waals surface area contributed by atoms with Crippen LogP contribution in [0.15, 0.2) is 47.4 Å². The molecule has 0 N–H and O–H groups in total. The van der Waals surface area contributed by atoms with Crippen LogP contribution in [0.3, 0.4) is 0 Å². The lowest BCUT2D eigenvalue weighted by atomic mass is 9.93. The van der Waals surface area contributed by atoms with E-state index in [1.54, 1.807) is 33.5 Å². The van der Waals surface area contributed by atoms with Crippen LogP contribution < -0.4 is 10.4 Å². The Balaban J connectivity index is 1.44. The molecular formula is C19H17ClN4O2. The van der Waals surface area contributed by atoms with Gasteiger partial charge in [-0.15, -0.1) is 5.10 Å². The molecule has 1 aliphatic carbocycles. The molecule has 3 aromatic rings. The summed E-state index contributed by atoms with van der Waals surface area (Å²) >= 11 is 6.06. The van der Waals surface area contributed by atoms with E-state index in [2.05, 4.69) is 9.94 Å². The number of rotatable bonds is 3. The molecule has 0 aliphatic heterocycles. The first kappa shape index (κ1) is 16.7. The van der Waals surface area contributed by atoms with Gasteiger partial charge >= 0.3 is 5.69 Å². The average Bonchev–Trinajstić information content (AvgIpc) is 3.00. The van der Waals surface area contributed by atoms with Gasteiger partial charge in [-0.05, 0) is 49.9 Å². The van der Waals surface area contributed by atoms with E-state index in [0.29, 0.717) is 22.1 Å². The highest BCUT2D eigenvalue weighted by molar-refractivity contribution is 6.33. The Morgan fingerprint density at radius 1 is 1.19 bits per heavy atom. The van der Waals surface area contributed by atoms with E-state index in [9.17, 15) is 4.79 Å². The van der Waals surface area contributed by atoms with Crippen LogP contribution in [0.5, 0.6) is 5.75 Å². The van der Waals surface area contributed by atoms with Crippen molar-refractivity contribution in [2.75, 3.05) is 0 Å². The predicted octanol–water partition coefficient (Wildman–Crippen LogP) is 4.26. The lowest BCUT2D eigenvalue weighted by molar-refractivity contribution is 0.128. The Morgan fingerprint density at radius 2 is 2.00 bits per heavy atom. The highest BCUT2D eigenvalue weighted by Gasteiger charge is 2.26. The molecular weight excluding hydrogens is 352 g/mol. The minimum Gasteiger partial charge on any atom is -0.490 e. The maximum Gasteiger partial charge on any atom is 0.350 e. The first-order chi connectivity index (χ1) is 12.7. The fourth-order valence-corrected chi connectivity index (χ4v) is 3.64. The number of hydrogen-bond donors (Lipinski definition) is 0. The lowest BCUT2D eigenvalue weighted by Gasteiger charge is -2.28. The molecule has 7 heteroatoms. The van der Waals surface area contributed by atoms with Gasteiger partial charge in [0.2, 0.25) is 5.69 Å². The lowest BCUT2D eigenvalue weighted by Crippen LogP contribution is -2.31. The molecule has 4 rings (SSSR count). The van der Waals surface area contributed by atoms with Gasteiger partial charge in [0.15, 0.2) is 5.65 Å². The standard InChI is InChI=1S/C19H17ClN4O2/c1-21-17-10-9-15(12-16(17)20)26-14-7-5-13(6-8-14)24-19(25)23-11-3-2-4-18(23)22-24/h2-4,9-14H,5-8H2. The van der Waals surface area contributed by atoms with Gasteiger partial charge in [0.1, 0.15) is 5.75 Å². The largest absolute Gasteiger partial charge is 0.490 e. The summed E-state index contributed by atoms with van der Waals surface area (Å²) in [5.41, 5.74) is 1.01. The zero-order valence-corrected chi connectivity index (χ0v) is 14.8. The van der Waals surface area contributed by atoms with Gasteiger partial charge in [0, 0.05) is 6.20 Å². The number of benzene rings is 1. The van der Waals surface area contributed by atoms with E-state index in [0.717, 1.165) is 25.7 Å². The monoisotopic (exact) mass is 368 g/mol. The fourth-order valence-electron chi connectivity index (χ4n) is 3.43. The summed E-state index contributed by atoms with van der Waals surface area (Å²) < 4.78 is 9.19. The van der Waals surface area contributed by atoms with Crippen LogP contribution in [0.4, 0.5) is 5.69 Å². The number of pyridine rings is 1. The number of hydrogen-bond acceptors (Lipinski definition) is 3. The van der Waals surface area contributed by atoms with Crippen LogP contribution >= 0.6 is 11.6 Å². The average molecular weight is 369 g/mol. The fraction of sp³-hybridized carbons (Fsp3) is 0.316. The second kappa shape index (κ2) is 6.85. The highest BCUT2D eigenvalue weighted by Crippen LogP contribution is 2.33. The summed E-state index contributed by atoms with van der Waals surface area (Å²) in [6.45, 7) is 7.03. The summed E-state index contributed by atoms with van der Waals surface area (Å²) in [5.74, 6) is 0.677. The minimum absolute atomic E-state index is 0.0776. The summed E-state index contributed by atoms with van der Waals surface area (Å²) in [7, 11) is 0. The number of fused-ring (bicyclic) bond motifs is 1. The van der Waals surface area contributed by atoms with Crippen LogP contribution in [-0.2, 0) is 0 Å². The number of ether oxygens (including phenoxy) is 1. The van der Waals surface area contributed by atoms with E-state index in [1.165, 1.54) is 0 Å². The van der Waals surface area contributed by atoms with Crippen molar-refractivity contribution in [2.45, 2.75) is 37.8 Å². The van der Waals surface area contributed by atoms with Gasteiger partial charge in [-0.25, -0.2) is 14.3 Å². The third-order valence-electron chi connectivity index (χ3n) is 4.78. The van der Waals surface area contributed by atoms with Gasteiger partial charge in [-0.2, -0.15) is 0 Å². The molecule has 0 radical (unpaired) electrons. The van der Waals surface area contributed by atoms with E-state index >= 15 is 0 Å². The van der Waals surface area contributed by atoms with Crippen LogP contribution in [0.2, 0.25) is 5.02 Å². The molecule has 1 aliphatic rings. The van der Waals surface area contributed by atoms with E-state index in [1.807, 2.05) is 18.2 Å². The van der Waals surface area contributed by atoms with Gasteiger partial charge in [0.25, 0.3) is 0 Å². The zero-order chi connectivity index (χ0) is 18.1. The molecule has 6 nitrogen and oxygen atoms in total. The Hall–Kier alpha value is -2.78. The molecule has 1 saturated carbocycles. The maximum absolute atomic E-state index is 12.5. The van der Waals surface area contributed by atoms with Gasteiger partial charge < -0.3 is 4.74 Å². The summed E-state index contributed by atoms with van der Waals surface area (Å²) in [4.78, 5) is 15.8. The second-order valence-corrected chi connectivity index (χ2v) is 6.84. The van der Waals surface area contributed by atoms with Crippen molar-refractivity contribution in [3.8, 4) is 5.75 Å². The smallest absolute Gasteiger partial charge is 0.350 e. The van der Waals surface area contributed by atoms with E-state index in [-0.39, 0.29) is 17.8 Å². The molecule has 0 spiro atoms. The zero-order valence-electron chi connectivity index (χ0n) is 14.0. The molecule has 0 bridgehead atoms. The highest BCUT2D eigenvalue weighted by atomic mass is 35.5. The first-order valence-corrected chi connectivity index (χ1v) is 8.93. The van der Waals surface area contributed by atoms with Gasteiger partial charge in [0.05, 0.1) is 23.7 Å². The predicted molar refractivity (Wildman–Crippen MR) is 99.1 cm³/mol. The summed E-state index contributed by atoms with van der Waals surface area (Å²) in [6.07, 6.45) is 5.17. The molecule has 0 unspecified atom stereocenters. The second-order valence-electron chi connectivity index (χ2n) is 6.43. The Labute approximate surface area is 155 Å². The van der Waals surface area contributed by atoms with Crippen molar-refractivity contribution >= 4 is 22.9 Å². The van der Waals surface area contributed by atoms with Crippen molar-refractivity contribution in [3.05, 3.63) is 69.5 Å². The molecule has 1 aromatic carbocycles. The molecule has 0 atom stereocenters. The van der Waals surface area contributed by atoms with Crippen LogP contribution in [0.25, 0.3) is 10.5 Å². The van der Waals surface area contributed by atoms with Crippen molar-refractivity contribution < 1.29 is 4.74 Å². The minimum atomic E-state index is -0.0912. The Morgan fingerprint density at radius 3 is 2.69 bits per heavy atom. The summed E-state index contributed by atoms with van der Waals surface area (Å²) in [6, 6.07) is 10.8. The molecule has 2 heterocycles. The van der Waals surface area contributed by atoms with E-state index < -0.39 is 0 Å². The van der Waals surface area contributed by atoms with Crippen molar-refractivity contribution in [1.29, 1.82) is 0 Å². The molecule has 26 heavy (non-hydrogen) atoms. The summed E-state index contributed by atoms with van der Waals surface area (Å²) in [5, 5.41) is 4.86. The molecule has 0 saturated heterocycles. The number of nitrogens with zero attached hydrogens (tertiary/aromatic N) is 4. The van der Waals surface area contributed by atoms with E-state index in [4.69, 9.17) is 22.9 Å². The number of halogens is 1. The molecule has 2 aromatic heterocycles. The SMILES string of the molecule is [C-]#[N+]c1ccc(OC2CCC(n3nc4ccccn4c3=O)CC2)cc1Cl. The third-order valence-corrected chi connectivity index (χ3v) is 5.09. The Bertz CT molecular complexity index is 1040. The third kappa shape index (κ3) is 3.06. The quantitative estimate of drug-likeness (QED) is 0.649. The number of aromatic nitrogens is 3. The molecule has 132 valence electrons. The van der Waals surface area contributed by atoms with Crippen LogP contribution in [0.1, 0.15) is 31.7 Å². The van der Waals surface area contributed by atoms with Gasteiger partial charge in [-0.1, -0.05) is 23.7 Å². The van der Waals surface area contributed by atoms with Crippen molar-refractivity contribution in [1.82, 2.24) is 14.2 Å². The maximum atomic E-state index is 12.5.